The molecule has 12 heteroatoms. The van der Waals surface area contributed by atoms with Crippen molar-refractivity contribution in [3.63, 3.8) is 0 Å². The van der Waals surface area contributed by atoms with Crippen molar-refractivity contribution in [3.05, 3.63) is 75.4 Å². The Balaban J connectivity index is 1.24. The van der Waals surface area contributed by atoms with E-state index in [0.717, 1.165) is 73.3 Å². The number of carbonyl (C=O) groups excluding carboxylic acids is 2. The summed E-state index contributed by atoms with van der Waals surface area (Å²) < 4.78 is 13.1. The number of thiazole rings is 1. The molecule has 2 amide bonds. The zero-order chi connectivity index (χ0) is 29.1. The van der Waals surface area contributed by atoms with Crippen molar-refractivity contribution < 1.29 is 24.3 Å². The van der Waals surface area contributed by atoms with Gasteiger partial charge in [-0.05, 0) is 49.6 Å². The van der Waals surface area contributed by atoms with Crippen LogP contribution in [0.3, 0.4) is 0 Å². The number of benzene rings is 1. The Bertz CT molecular complexity index is 1570. The van der Waals surface area contributed by atoms with Crippen LogP contribution in [0.25, 0.3) is 17.0 Å². The molecule has 6 rings (SSSR count). The van der Waals surface area contributed by atoms with Crippen molar-refractivity contribution in [2.45, 2.75) is 25.2 Å². The van der Waals surface area contributed by atoms with Crippen molar-refractivity contribution in [2.75, 3.05) is 52.6 Å². The van der Waals surface area contributed by atoms with E-state index < -0.39 is 5.91 Å². The second-order valence-corrected chi connectivity index (χ2v) is 11.5. The third-order valence-electron chi connectivity index (χ3n) is 8.18. The number of pyridine rings is 1. The van der Waals surface area contributed by atoms with Gasteiger partial charge >= 0.3 is 0 Å². The van der Waals surface area contributed by atoms with E-state index >= 15 is 0 Å². The molecule has 2 fully saturated rings. The number of aromatic nitrogens is 3. The third-order valence-corrected chi connectivity index (χ3v) is 9.23. The predicted octanol–water partition coefficient (Wildman–Crippen LogP) is 3.04. The number of rotatable bonds is 8. The molecular weight excluding hydrogens is 556 g/mol. The van der Waals surface area contributed by atoms with Gasteiger partial charge in [0.05, 0.1) is 30.0 Å². The van der Waals surface area contributed by atoms with Crippen LogP contribution in [0.2, 0.25) is 0 Å². The smallest absolute Gasteiger partial charge is 0.274 e. The van der Waals surface area contributed by atoms with E-state index in [4.69, 9.17) is 24.6 Å². The summed E-state index contributed by atoms with van der Waals surface area (Å²) in [5.41, 5.74) is 6.58. The van der Waals surface area contributed by atoms with Crippen molar-refractivity contribution in [1.82, 2.24) is 30.1 Å². The molecule has 0 aliphatic carbocycles. The van der Waals surface area contributed by atoms with Gasteiger partial charge in [-0.15, -0.1) is 11.3 Å². The van der Waals surface area contributed by atoms with Gasteiger partial charge in [-0.1, -0.05) is 12.1 Å². The van der Waals surface area contributed by atoms with Gasteiger partial charge in [0.25, 0.3) is 11.8 Å². The first-order chi connectivity index (χ1) is 20.5. The van der Waals surface area contributed by atoms with Crippen LogP contribution in [0.5, 0.6) is 0 Å². The molecule has 0 spiro atoms. The molecule has 4 aromatic rings. The molecule has 11 nitrogen and oxygen atoms in total. The quantitative estimate of drug-likeness (QED) is 0.211. The van der Waals surface area contributed by atoms with Crippen molar-refractivity contribution in [1.29, 1.82) is 0 Å². The Morgan fingerprint density at radius 1 is 1.00 bits per heavy atom. The molecular formula is C30H34N6O5S. The zero-order valence-corrected chi connectivity index (χ0v) is 24.3. The number of hydrogen-bond acceptors (Lipinski definition) is 9. The van der Waals surface area contributed by atoms with Gasteiger partial charge in [0, 0.05) is 62.1 Å². The van der Waals surface area contributed by atoms with Crippen LogP contribution in [-0.2, 0) is 14.9 Å². The van der Waals surface area contributed by atoms with E-state index in [9.17, 15) is 9.59 Å². The summed E-state index contributed by atoms with van der Waals surface area (Å²) in [6, 6.07) is 10.9. The Hall–Kier alpha value is -3.68. The number of hydrogen-bond donors (Lipinski definition) is 3. The highest BCUT2D eigenvalue weighted by molar-refractivity contribution is 7.10. The van der Waals surface area contributed by atoms with Crippen LogP contribution in [0.1, 0.15) is 49.8 Å². The minimum Gasteiger partial charge on any atom is -0.381 e. The number of carbonyl (C=O) groups is 2. The molecule has 220 valence electrons. The fraction of sp³-hybridized carbons (Fsp3) is 0.400. The van der Waals surface area contributed by atoms with Crippen LogP contribution >= 0.6 is 11.3 Å². The van der Waals surface area contributed by atoms with Gasteiger partial charge in [0.15, 0.2) is 0 Å². The van der Waals surface area contributed by atoms with Gasteiger partial charge in [-0.2, -0.15) is 0 Å². The van der Waals surface area contributed by atoms with E-state index in [-0.39, 0.29) is 11.3 Å². The maximum atomic E-state index is 12.9. The Kier molecular flexibility index (Phi) is 8.31. The molecule has 3 N–H and O–H groups in total. The maximum Gasteiger partial charge on any atom is 0.274 e. The van der Waals surface area contributed by atoms with Crippen molar-refractivity contribution >= 4 is 28.8 Å². The van der Waals surface area contributed by atoms with Gasteiger partial charge in [-0.3, -0.25) is 24.1 Å². The fourth-order valence-corrected chi connectivity index (χ4v) is 6.91. The van der Waals surface area contributed by atoms with E-state index in [2.05, 4.69) is 15.6 Å². The van der Waals surface area contributed by atoms with Gasteiger partial charge in [-0.25, -0.2) is 15.4 Å². The number of nitrogens with one attached hydrogen (secondary N) is 2. The van der Waals surface area contributed by atoms with E-state index in [1.807, 2.05) is 41.8 Å². The van der Waals surface area contributed by atoms with Gasteiger partial charge in [0.2, 0.25) is 0 Å². The Morgan fingerprint density at radius 3 is 2.48 bits per heavy atom. The Labute approximate surface area is 247 Å². The van der Waals surface area contributed by atoms with Gasteiger partial charge in [0.1, 0.15) is 16.3 Å². The maximum absolute atomic E-state index is 12.9. The number of nitrogens with zero attached hydrogens (tertiary/aromatic N) is 4. The molecule has 0 bridgehead atoms. The number of amides is 2. The molecule has 2 aliphatic rings. The number of morpholine rings is 1. The Morgan fingerprint density at radius 2 is 1.74 bits per heavy atom. The highest BCUT2D eigenvalue weighted by Crippen LogP contribution is 2.44. The summed E-state index contributed by atoms with van der Waals surface area (Å²) in [6.45, 7) is 7.81. The number of fused-ring (bicyclic) bond motifs is 1. The summed E-state index contributed by atoms with van der Waals surface area (Å²) in [6.07, 6.45) is 3.42. The predicted molar refractivity (Wildman–Crippen MR) is 157 cm³/mol. The standard InChI is InChI=1S/C30H34N6O5S/c1-20-26(36-10-6-22(18-25(36)32-20)27(37)31-9-11-35-12-16-41-17-13-35)24-19-42-29(33-24)30(7-14-40-15-8-30)23-4-2-21(3-5-23)28(38)34-39/h2-6,10,18-19,39H,7-9,11-17H2,1H3,(H,31,37)(H,34,38). The molecule has 2 saturated heterocycles. The summed E-state index contributed by atoms with van der Waals surface area (Å²) in [7, 11) is 0. The summed E-state index contributed by atoms with van der Waals surface area (Å²) in [4.78, 5) is 36.9. The number of hydroxylamine groups is 1. The average molecular weight is 591 g/mol. The van der Waals surface area contributed by atoms with E-state index in [0.29, 0.717) is 36.5 Å². The van der Waals surface area contributed by atoms with E-state index in [1.165, 1.54) is 0 Å². The highest BCUT2D eigenvalue weighted by Gasteiger charge is 2.39. The molecule has 0 radical (unpaired) electrons. The van der Waals surface area contributed by atoms with Crippen LogP contribution in [0, 0.1) is 6.92 Å². The molecule has 1 aromatic carbocycles. The second-order valence-electron chi connectivity index (χ2n) is 10.7. The first-order valence-corrected chi connectivity index (χ1v) is 15.0. The SMILES string of the molecule is Cc1nc2cc(C(=O)NCCN3CCOCC3)ccn2c1-c1csc(C2(c3ccc(C(=O)NO)cc3)CCOCC2)n1. The first-order valence-electron chi connectivity index (χ1n) is 14.1. The van der Waals surface area contributed by atoms with Crippen LogP contribution in [0.4, 0.5) is 0 Å². The first kappa shape index (κ1) is 28.4. The topological polar surface area (TPSA) is 130 Å². The van der Waals surface area contributed by atoms with Crippen molar-refractivity contribution in [3.8, 4) is 11.4 Å². The average Bonchev–Trinajstić information content (AvgIpc) is 3.65. The molecule has 5 heterocycles. The number of ether oxygens (including phenoxy) is 2. The fourth-order valence-electron chi connectivity index (χ4n) is 5.82. The molecule has 2 aliphatic heterocycles. The van der Waals surface area contributed by atoms with Crippen LogP contribution in [-0.4, -0.2) is 88.9 Å². The minimum atomic E-state index is -0.546. The third kappa shape index (κ3) is 5.55. The normalized spacial score (nSPS) is 17.3. The molecule has 0 atom stereocenters. The van der Waals surface area contributed by atoms with Crippen molar-refractivity contribution in [2.24, 2.45) is 0 Å². The zero-order valence-electron chi connectivity index (χ0n) is 23.5. The summed E-state index contributed by atoms with van der Waals surface area (Å²) >= 11 is 1.61. The molecule has 3 aromatic heterocycles. The molecule has 0 unspecified atom stereocenters. The van der Waals surface area contributed by atoms with Crippen LogP contribution < -0.4 is 10.8 Å². The lowest BCUT2D eigenvalue weighted by atomic mass is 9.74. The molecule has 42 heavy (non-hydrogen) atoms. The van der Waals surface area contributed by atoms with Gasteiger partial charge < -0.3 is 14.8 Å². The number of aryl methyl sites for hydroxylation is 1. The van der Waals surface area contributed by atoms with Crippen LogP contribution in [0.15, 0.2) is 48.0 Å². The molecule has 0 saturated carbocycles. The monoisotopic (exact) mass is 590 g/mol. The lowest BCUT2D eigenvalue weighted by Crippen LogP contribution is -2.41. The minimum absolute atomic E-state index is 0.118. The highest BCUT2D eigenvalue weighted by atomic mass is 32.1. The van der Waals surface area contributed by atoms with E-state index in [1.54, 1.807) is 28.9 Å². The lowest BCUT2D eigenvalue weighted by Gasteiger charge is -2.36. The summed E-state index contributed by atoms with van der Waals surface area (Å²) in [5, 5.41) is 15.0. The second kappa shape index (κ2) is 12.3. The lowest BCUT2D eigenvalue weighted by molar-refractivity contribution is 0.0383. The number of imidazole rings is 1. The largest absolute Gasteiger partial charge is 0.381 e. The summed E-state index contributed by atoms with van der Waals surface area (Å²) in [5.74, 6) is -0.663.